The zero-order chi connectivity index (χ0) is 26.9. The molecule has 0 atom stereocenters. The summed E-state index contributed by atoms with van der Waals surface area (Å²) in [6.45, 7) is -0.790. The van der Waals surface area contributed by atoms with Crippen molar-refractivity contribution in [1.82, 2.24) is 25.2 Å². The lowest BCUT2D eigenvalue weighted by Crippen LogP contribution is -2.22. The van der Waals surface area contributed by atoms with Crippen LogP contribution in [0.2, 0.25) is 0 Å². The zero-order valence-corrected chi connectivity index (χ0v) is 19.4. The maximum absolute atomic E-state index is 14.2. The average Bonchev–Trinajstić information content (AvgIpc) is 3.32. The number of nitrogens with zero attached hydrogens (tertiary/aromatic N) is 5. The summed E-state index contributed by atoms with van der Waals surface area (Å²) in [6.07, 6.45) is -3.21. The molecular weight excluding hydrogens is 514 g/mol. The number of hydrogen-bond donors (Lipinski definition) is 1. The van der Waals surface area contributed by atoms with Gasteiger partial charge in [0, 0.05) is 5.56 Å². The van der Waals surface area contributed by atoms with Crippen molar-refractivity contribution in [2.24, 2.45) is 5.10 Å². The highest BCUT2D eigenvalue weighted by atomic mass is 19.4. The zero-order valence-electron chi connectivity index (χ0n) is 19.4. The minimum absolute atomic E-state index is 0.00314. The summed E-state index contributed by atoms with van der Waals surface area (Å²) in [5, 5.41) is 13.9. The smallest absolute Gasteiger partial charge is 0.417 e. The maximum Gasteiger partial charge on any atom is 0.417 e. The molecule has 1 aliphatic rings. The van der Waals surface area contributed by atoms with Crippen LogP contribution in [0.4, 0.5) is 26.3 Å². The normalized spacial score (nSPS) is 13.1. The summed E-state index contributed by atoms with van der Waals surface area (Å²) in [7, 11) is 0. The molecule has 7 nitrogen and oxygen atoms in total. The minimum Gasteiger partial charge on any atom is -0.491 e. The van der Waals surface area contributed by atoms with E-state index in [1.54, 1.807) is 5.01 Å². The largest absolute Gasteiger partial charge is 0.491 e. The van der Waals surface area contributed by atoms with Crippen molar-refractivity contribution in [3.63, 3.8) is 0 Å². The van der Waals surface area contributed by atoms with Crippen LogP contribution < -0.4 is 4.74 Å². The Labute approximate surface area is 211 Å². The number of nitrogens with one attached hydrogen (secondary N) is 1. The van der Waals surface area contributed by atoms with Crippen LogP contribution in [-0.2, 0) is 19.3 Å². The van der Waals surface area contributed by atoms with E-state index >= 15 is 0 Å². The first-order valence-electron chi connectivity index (χ1n) is 11.3. The van der Waals surface area contributed by atoms with Crippen molar-refractivity contribution >= 4 is 6.21 Å². The molecule has 0 unspecified atom stereocenters. The van der Waals surface area contributed by atoms with Gasteiger partial charge < -0.3 is 9.72 Å². The molecule has 2 aromatic carbocycles. The summed E-state index contributed by atoms with van der Waals surface area (Å²) in [4.78, 5) is 7.28. The SMILES string of the molecule is FCCOc1ccc(-c2ccc(CN3Cc4nc(-c5cccc(F)c5F)[nH]c4C=N3)nn2)c(C(F)(F)F)c1. The Morgan fingerprint density at radius 3 is 2.58 bits per heavy atom. The van der Waals surface area contributed by atoms with Crippen molar-refractivity contribution in [3.8, 4) is 28.4 Å². The van der Waals surface area contributed by atoms with Crippen LogP contribution in [-0.4, -0.2) is 44.7 Å². The third kappa shape index (κ3) is 5.17. The maximum atomic E-state index is 14.2. The lowest BCUT2D eigenvalue weighted by Gasteiger charge is -2.20. The molecule has 13 heteroatoms. The molecule has 0 aliphatic carbocycles. The van der Waals surface area contributed by atoms with Crippen molar-refractivity contribution < 1.29 is 31.1 Å². The minimum atomic E-state index is -4.69. The van der Waals surface area contributed by atoms with E-state index < -0.39 is 30.0 Å². The van der Waals surface area contributed by atoms with Gasteiger partial charge in [-0.2, -0.15) is 28.5 Å². The third-order valence-corrected chi connectivity index (χ3v) is 5.68. The van der Waals surface area contributed by atoms with E-state index in [2.05, 4.69) is 25.3 Å². The number of rotatable bonds is 7. The number of benzene rings is 2. The van der Waals surface area contributed by atoms with Crippen LogP contribution in [0.5, 0.6) is 5.75 Å². The summed E-state index contributed by atoms with van der Waals surface area (Å²) >= 11 is 0. The number of fused-ring (bicyclic) bond motifs is 1. The Kier molecular flexibility index (Phi) is 6.74. The number of alkyl halides is 4. The van der Waals surface area contributed by atoms with Crippen LogP contribution in [0.1, 0.15) is 22.6 Å². The monoisotopic (exact) mass is 532 g/mol. The van der Waals surface area contributed by atoms with E-state index in [1.165, 1.54) is 42.6 Å². The second-order valence-electron chi connectivity index (χ2n) is 8.27. The molecule has 38 heavy (non-hydrogen) atoms. The van der Waals surface area contributed by atoms with E-state index in [0.29, 0.717) is 17.1 Å². The number of imidazole rings is 1. The number of hydrazone groups is 1. The molecule has 0 radical (unpaired) electrons. The van der Waals surface area contributed by atoms with Gasteiger partial charge in [0.2, 0.25) is 0 Å². The van der Waals surface area contributed by atoms with Gasteiger partial charge in [-0.15, -0.1) is 0 Å². The Hall–Kier alpha value is -4.42. The first-order valence-corrected chi connectivity index (χ1v) is 11.3. The number of ether oxygens (including phenoxy) is 1. The molecule has 3 heterocycles. The highest BCUT2D eigenvalue weighted by molar-refractivity contribution is 5.80. The topological polar surface area (TPSA) is 79.3 Å². The molecule has 0 fully saturated rings. The van der Waals surface area contributed by atoms with Gasteiger partial charge in [0.25, 0.3) is 0 Å². The molecule has 0 amide bonds. The van der Waals surface area contributed by atoms with Gasteiger partial charge in [-0.1, -0.05) is 6.07 Å². The predicted octanol–water partition coefficient (Wildman–Crippen LogP) is 5.53. The predicted molar refractivity (Wildman–Crippen MR) is 125 cm³/mol. The van der Waals surface area contributed by atoms with E-state index in [9.17, 15) is 26.3 Å². The number of halogens is 6. The fourth-order valence-corrected chi connectivity index (χ4v) is 3.92. The van der Waals surface area contributed by atoms with Gasteiger partial charge in [0.1, 0.15) is 24.9 Å². The highest BCUT2D eigenvalue weighted by Gasteiger charge is 2.34. The standard InChI is InChI=1S/C25H18F6N6O/c26-8-9-38-15-5-6-16(18(10-15)25(29,30)31)20-7-4-14(35-36-20)12-37-13-22-21(11-32-37)33-24(34-22)17-2-1-3-19(27)23(17)28/h1-7,10-11H,8-9,12-13H2,(H,33,34). The Morgan fingerprint density at radius 1 is 1.00 bits per heavy atom. The van der Waals surface area contributed by atoms with Gasteiger partial charge in [0.15, 0.2) is 11.6 Å². The molecule has 2 aromatic heterocycles. The molecule has 196 valence electrons. The van der Waals surface area contributed by atoms with Crippen molar-refractivity contribution in [2.75, 3.05) is 13.3 Å². The van der Waals surface area contributed by atoms with Crippen LogP contribution in [0.3, 0.4) is 0 Å². The summed E-state index contributed by atoms with van der Waals surface area (Å²) in [5.74, 6) is -1.95. The number of H-pyrrole nitrogens is 1. The van der Waals surface area contributed by atoms with E-state index in [-0.39, 0.29) is 48.1 Å². The summed E-state index contributed by atoms with van der Waals surface area (Å²) in [5.41, 5.74) is 0.329. The van der Waals surface area contributed by atoms with Crippen LogP contribution >= 0.6 is 0 Å². The molecule has 0 spiro atoms. The van der Waals surface area contributed by atoms with Gasteiger partial charge in [-0.25, -0.2) is 18.2 Å². The van der Waals surface area contributed by atoms with E-state index in [0.717, 1.165) is 12.1 Å². The number of aromatic nitrogens is 4. The average molecular weight is 532 g/mol. The van der Waals surface area contributed by atoms with Gasteiger partial charge in [0.05, 0.1) is 53.2 Å². The molecule has 1 aliphatic heterocycles. The fraction of sp³-hybridized carbons (Fsp3) is 0.200. The number of aromatic amines is 1. The molecule has 0 bridgehead atoms. The van der Waals surface area contributed by atoms with Gasteiger partial charge >= 0.3 is 6.18 Å². The first-order chi connectivity index (χ1) is 18.2. The molecule has 4 aromatic rings. The molecule has 0 saturated carbocycles. The lowest BCUT2D eigenvalue weighted by atomic mass is 10.0. The van der Waals surface area contributed by atoms with Crippen LogP contribution in [0.25, 0.3) is 22.6 Å². The Bertz CT molecular complexity index is 1480. The van der Waals surface area contributed by atoms with Crippen molar-refractivity contribution in [1.29, 1.82) is 0 Å². The highest BCUT2D eigenvalue weighted by Crippen LogP contribution is 2.38. The number of hydrogen-bond acceptors (Lipinski definition) is 6. The van der Waals surface area contributed by atoms with Crippen LogP contribution in [0, 0.1) is 11.6 Å². The fourth-order valence-electron chi connectivity index (χ4n) is 3.92. The molecular formula is C25H18F6N6O. The molecule has 5 rings (SSSR count). The first kappa shape index (κ1) is 25.2. The Morgan fingerprint density at radius 2 is 1.84 bits per heavy atom. The summed E-state index contributed by atoms with van der Waals surface area (Å²) in [6, 6.07) is 10.0. The quantitative estimate of drug-likeness (QED) is 0.317. The van der Waals surface area contributed by atoms with E-state index in [4.69, 9.17) is 4.74 Å². The van der Waals surface area contributed by atoms with E-state index in [1.807, 2.05) is 0 Å². The lowest BCUT2D eigenvalue weighted by molar-refractivity contribution is -0.137. The second kappa shape index (κ2) is 10.1. The van der Waals surface area contributed by atoms with Crippen molar-refractivity contribution in [2.45, 2.75) is 19.3 Å². The summed E-state index contributed by atoms with van der Waals surface area (Å²) < 4.78 is 86.0. The Balaban J connectivity index is 1.31. The van der Waals surface area contributed by atoms with Gasteiger partial charge in [-0.3, -0.25) is 5.01 Å². The molecule has 0 saturated heterocycles. The van der Waals surface area contributed by atoms with Crippen LogP contribution in [0.15, 0.2) is 53.6 Å². The van der Waals surface area contributed by atoms with Crippen molar-refractivity contribution in [3.05, 3.63) is 82.8 Å². The second-order valence-corrected chi connectivity index (χ2v) is 8.27. The molecule has 1 N–H and O–H groups in total. The third-order valence-electron chi connectivity index (χ3n) is 5.68. The van der Waals surface area contributed by atoms with Gasteiger partial charge in [-0.05, 0) is 42.5 Å².